The number of esters is 3. The van der Waals surface area contributed by atoms with Crippen molar-refractivity contribution in [2.75, 3.05) is 13.2 Å². The van der Waals surface area contributed by atoms with Gasteiger partial charge in [-0.2, -0.15) is 0 Å². The van der Waals surface area contributed by atoms with Crippen LogP contribution in [0.4, 0.5) is 0 Å². The fourth-order valence-electron chi connectivity index (χ4n) is 7.43. The molecule has 0 saturated carbocycles. The monoisotopic (exact) mass is 1040 g/mol. The Morgan fingerprint density at radius 3 is 1.35 bits per heavy atom. The summed E-state index contributed by atoms with van der Waals surface area (Å²) in [5.74, 6) is -3.30. The van der Waals surface area contributed by atoms with Crippen molar-refractivity contribution in [2.45, 2.75) is 225 Å². The van der Waals surface area contributed by atoms with E-state index in [1.807, 2.05) is 12.2 Å². The molecule has 3 N–H and O–H groups in total. The molecule has 1 fully saturated rings. The van der Waals surface area contributed by atoms with E-state index in [9.17, 15) is 34.5 Å². The maximum Gasteiger partial charge on any atom is 0.335 e. The number of rotatable bonds is 45. The van der Waals surface area contributed by atoms with Gasteiger partial charge in [-0.3, -0.25) is 14.4 Å². The first-order chi connectivity index (χ1) is 36.6. The Morgan fingerprint density at radius 2 is 0.853 bits per heavy atom. The van der Waals surface area contributed by atoms with Gasteiger partial charge in [0.25, 0.3) is 0 Å². The normalized spacial score (nSPS) is 19.2. The third-order valence-electron chi connectivity index (χ3n) is 11.7. The summed E-state index contributed by atoms with van der Waals surface area (Å²) < 4.78 is 28.2. The Kier molecular flexibility index (Phi) is 45.0. The van der Waals surface area contributed by atoms with Crippen LogP contribution in [0.25, 0.3) is 0 Å². The molecule has 0 aromatic carbocycles. The number of hydrogen-bond donors (Lipinski definition) is 3. The zero-order valence-corrected chi connectivity index (χ0v) is 46.0. The quantitative estimate of drug-likeness (QED) is 0.0228. The van der Waals surface area contributed by atoms with Gasteiger partial charge in [-0.05, 0) is 122 Å². The van der Waals surface area contributed by atoms with Gasteiger partial charge in [0.05, 0.1) is 6.61 Å². The molecule has 1 heterocycles. The van der Waals surface area contributed by atoms with E-state index >= 15 is 0 Å². The number of aliphatic hydroxyl groups excluding tert-OH is 2. The van der Waals surface area contributed by atoms with E-state index in [2.05, 4.69) is 142 Å². The summed E-state index contributed by atoms with van der Waals surface area (Å²) >= 11 is 0. The zero-order valence-electron chi connectivity index (χ0n) is 46.0. The topological polar surface area (TPSA) is 175 Å². The van der Waals surface area contributed by atoms with Gasteiger partial charge in [0.1, 0.15) is 18.8 Å². The minimum absolute atomic E-state index is 0.0314. The highest BCUT2D eigenvalue weighted by atomic mass is 16.7. The molecule has 0 amide bonds. The molecule has 1 aliphatic heterocycles. The van der Waals surface area contributed by atoms with Crippen molar-refractivity contribution in [1.82, 2.24) is 0 Å². The Morgan fingerprint density at radius 1 is 0.453 bits per heavy atom. The summed E-state index contributed by atoms with van der Waals surface area (Å²) in [5.41, 5.74) is 0. The van der Waals surface area contributed by atoms with E-state index in [4.69, 9.17) is 23.7 Å². The van der Waals surface area contributed by atoms with Gasteiger partial charge in [0.2, 0.25) is 0 Å². The first-order valence-corrected chi connectivity index (χ1v) is 28.2. The van der Waals surface area contributed by atoms with Gasteiger partial charge in [-0.15, -0.1) is 0 Å². The largest absolute Gasteiger partial charge is 0.479 e. The van der Waals surface area contributed by atoms with Crippen LogP contribution in [0.5, 0.6) is 0 Å². The van der Waals surface area contributed by atoms with Crippen LogP contribution in [0.2, 0.25) is 0 Å². The maximum atomic E-state index is 13.1. The van der Waals surface area contributed by atoms with Gasteiger partial charge < -0.3 is 39.0 Å². The van der Waals surface area contributed by atoms with Crippen molar-refractivity contribution in [1.29, 1.82) is 0 Å². The van der Waals surface area contributed by atoms with Crippen molar-refractivity contribution in [2.24, 2.45) is 0 Å². The number of unbranched alkanes of at least 4 members (excludes halogenated alkanes) is 9. The summed E-state index contributed by atoms with van der Waals surface area (Å²) in [5, 5.41) is 31.4. The lowest BCUT2D eigenvalue weighted by Crippen LogP contribution is -2.61. The number of allylic oxidation sites excluding steroid dienone is 22. The Bertz CT molecular complexity index is 1810. The highest BCUT2D eigenvalue weighted by Crippen LogP contribution is 2.26. The average Bonchev–Trinajstić information content (AvgIpc) is 3.39. The highest BCUT2D eigenvalue weighted by Gasteiger charge is 2.50. The number of carboxylic acid groups (broad SMARTS) is 1. The lowest BCUT2D eigenvalue weighted by Gasteiger charge is -2.40. The van der Waals surface area contributed by atoms with Crippen LogP contribution in [0.1, 0.15) is 188 Å². The molecule has 12 nitrogen and oxygen atoms in total. The van der Waals surface area contributed by atoms with Crippen LogP contribution in [-0.4, -0.2) is 89.2 Å². The molecule has 0 aromatic heterocycles. The number of aliphatic hydroxyl groups is 2. The van der Waals surface area contributed by atoms with Gasteiger partial charge in [0.15, 0.2) is 24.6 Å². The molecule has 0 radical (unpaired) electrons. The zero-order chi connectivity index (χ0) is 54.7. The van der Waals surface area contributed by atoms with Gasteiger partial charge in [-0.25, -0.2) is 4.79 Å². The number of aliphatic carboxylic acids is 1. The number of carbonyl (C=O) groups is 4. The molecular formula is C63H96O12. The van der Waals surface area contributed by atoms with E-state index in [0.29, 0.717) is 25.7 Å². The van der Waals surface area contributed by atoms with Gasteiger partial charge >= 0.3 is 23.9 Å². The molecule has 12 heteroatoms. The predicted molar refractivity (Wildman–Crippen MR) is 303 cm³/mol. The number of carboxylic acids is 1. The summed E-state index contributed by atoms with van der Waals surface area (Å²) in [6, 6.07) is 0. The van der Waals surface area contributed by atoms with E-state index in [1.165, 1.54) is 0 Å². The second kappa shape index (κ2) is 49.7. The summed E-state index contributed by atoms with van der Waals surface area (Å²) in [6.45, 7) is 5.59. The van der Waals surface area contributed by atoms with E-state index in [0.717, 1.165) is 122 Å². The van der Waals surface area contributed by atoms with Crippen molar-refractivity contribution in [3.8, 4) is 0 Å². The smallest absolute Gasteiger partial charge is 0.335 e. The van der Waals surface area contributed by atoms with Crippen LogP contribution in [0.3, 0.4) is 0 Å². The Balaban J connectivity index is 2.79. The lowest BCUT2D eigenvalue weighted by atomic mass is 9.98. The van der Waals surface area contributed by atoms with E-state index in [-0.39, 0.29) is 25.9 Å². The van der Waals surface area contributed by atoms with Crippen molar-refractivity contribution < 1.29 is 58.2 Å². The molecule has 75 heavy (non-hydrogen) atoms. The van der Waals surface area contributed by atoms with Crippen molar-refractivity contribution >= 4 is 23.9 Å². The molecule has 6 unspecified atom stereocenters. The fraction of sp³-hybridized carbons (Fsp3) is 0.587. The summed E-state index contributed by atoms with van der Waals surface area (Å²) in [6.07, 6.45) is 57.2. The molecular weight excluding hydrogens is 949 g/mol. The molecule has 1 saturated heterocycles. The van der Waals surface area contributed by atoms with Gasteiger partial charge in [0, 0.05) is 19.3 Å². The first kappa shape index (κ1) is 67.9. The second-order valence-electron chi connectivity index (χ2n) is 18.4. The minimum atomic E-state index is -1.94. The van der Waals surface area contributed by atoms with Crippen LogP contribution >= 0.6 is 0 Å². The van der Waals surface area contributed by atoms with Gasteiger partial charge in [-0.1, -0.05) is 180 Å². The number of carbonyl (C=O) groups excluding carboxylic acids is 3. The number of ether oxygens (including phenoxy) is 5. The van der Waals surface area contributed by atoms with Crippen LogP contribution in [0.15, 0.2) is 134 Å². The summed E-state index contributed by atoms with van der Waals surface area (Å²) in [4.78, 5) is 51.0. The third-order valence-corrected chi connectivity index (χ3v) is 11.7. The molecule has 1 rings (SSSR count). The second-order valence-corrected chi connectivity index (χ2v) is 18.4. The minimum Gasteiger partial charge on any atom is -0.479 e. The first-order valence-electron chi connectivity index (χ1n) is 28.2. The fourth-order valence-corrected chi connectivity index (χ4v) is 7.43. The van der Waals surface area contributed by atoms with Crippen molar-refractivity contribution in [3.05, 3.63) is 134 Å². The van der Waals surface area contributed by atoms with Crippen molar-refractivity contribution in [3.63, 3.8) is 0 Å². The molecule has 0 spiro atoms. The summed E-state index contributed by atoms with van der Waals surface area (Å²) in [7, 11) is 0. The Hall–Kier alpha value is -5.14. The van der Waals surface area contributed by atoms with E-state index < -0.39 is 67.3 Å². The maximum absolute atomic E-state index is 13.1. The number of hydrogen-bond acceptors (Lipinski definition) is 11. The third kappa shape index (κ3) is 39.9. The molecule has 0 aromatic rings. The van der Waals surface area contributed by atoms with E-state index in [1.54, 1.807) is 0 Å². The van der Waals surface area contributed by atoms with Crippen LogP contribution in [0, 0.1) is 0 Å². The Labute approximate surface area is 451 Å². The molecule has 1 aliphatic rings. The predicted octanol–water partition coefficient (Wildman–Crippen LogP) is 14.2. The van der Waals surface area contributed by atoms with Crippen LogP contribution < -0.4 is 0 Å². The molecule has 420 valence electrons. The average molecular weight is 1050 g/mol. The molecule has 0 bridgehead atoms. The highest BCUT2D eigenvalue weighted by molar-refractivity contribution is 5.74. The SMILES string of the molecule is CC/C=C\C/C=C\C/C=C\C/C=C\C/C=C\CCCC(=O)OC1C(OCC(COC(=O)CCCC/C=C\C/C=C\C/C=C\C/C=C\CC)OC(=O)CCCCCCC/C=C\C/C=C\CCC)OC(C(=O)O)C(O)C1O. The molecule has 0 aliphatic carbocycles. The lowest BCUT2D eigenvalue weighted by molar-refractivity contribution is -0.301. The molecule has 6 atom stereocenters. The van der Waals surface area contributed by atoms with Crippen LogP contribution in [-0.2, 0) is 42.9 Å². The standard InChI is InChI=1S/C63H96O12/c1-4-7-10-13-16-19-22-25-27-28-30-33-36-39-42-45-48-51-57(66)74-61-59(68)58(67)60(62(69)70)75-63(61)72-53-54(73-56(65)50-47-44-41-38-35-31-24-21-18-15-12-9-6-3)52-71-55(64)49-46-43-40-37-34-32-29-26-23-20-17-14-11-8-5-2/h7-8,10-12,15-17,19-21,24-27,29-30,33-34,37,39,42,54,58-61,63,67-68H,4-6,9,13-14,18,22-23,28,31-32,35-36,38,40-41,43-53H2,1-3H3,(H,69,70)/b10-7-,11-8-,15-12-,19-16-,20-17-,24-21-,27-25-,29-26-,33-30-,37-34-,42-39-.